The molecule has 1 aromatic heterocycles. The Morgan fingerprint density at radius 2 is 2.20 bits per heavy atom. The summed E-state index contributed by atoms with van der Waals surface area (Å²) in [4.78, 5) is 18.8. The van der Waals surface area contributed by atoms with E-state index in [0.717, 1.165) is 5.56 Å². The Bertz CT molecular complexity index is 655. The number of H-pyrrole nitrogens is 1. The number of nitrogens with zero attached hydrogens (tertiary/aromatic N) is 1. The lowest BCUT2D eigenvalue weighted by molar-refractivity contribution is 0.342. The molecule has 0 radical (unpaired) electrons. The summed E-state index contributed by atoms with van der Waals surface area (Å²) in [7, 11) is 0. The number of benzene rings is 1. The molecular formula is C14H17N3O2S. The molecule has 1 aromatic carbocycles. The molecule has 3 N–H and O–H groups in total. The number of thioether (sulfide) groups is 1. The molecule has 5 nitrogen and oxygen atoms in total. The molecule has 0 aliphatic heterocycles. The molecule has 6 heteroatoms. The van der Waals surface area contributed by atoms with Gasteiger partial charge in [-0.1, -0.05) is 0 Å². The molecule has 0 fully saturated rings. The van der Waals surface area contributed by atoms with Gasteiger partial charge in [-0.25, -0.2) is 4.98 Å². The maximum atomic E-state index is 11.7. The number of anilines is 1. The summed E-state index contributed by atoms with van der Waals surface area (Å²) < 4.78 is 5.40. The van der Waals surface area contributed by atoms with Crippen LogP contribution in [0.3, 0.4) is 0 Å². The second-order valence-electron chi connectivity index (χ2n) is 4.20. The highest BCUT2D eigenvalue weighted by atomic mass is 32.2. The molecule has 0 saturated heterocycles. The molecule has 0 spiro atoms. The number of aromatic amines is 1. The van der Waals surface area contributed by atoms with Crippen LogP contribution < -0.4 is 16.0 Å². The lowest BCUT2D eigenvalue weighted by Gasteiger charge is -2.09. The Morgan fingerprint density at radius 3 is 2.85 bits per heavy atom. The molecule has 0 saturated carbocycles. The van der Waals surface area contributed by atoms with Crippen LogP contribution in [0, 0.1) is 0 Å². The minimum atomic E-state index is -0.161. The third-order valence-electron chi connectivity index (χ3n) is 2.68. The van der Waals surface area contributed by atoms with Gasteiger partial charge < -0.3 is 15.5 Å². The Balaban J connectivity index is 2.40. The van der Waals surface area contributed by atoms with Gasteiger partial charge >= 0.3 is 0 Å². The zero-order valence-electron chi connectivity index (χ0n) is 11.5. The molecule has 0 amide bonds. The molecule has 0 aliphatic rings. The van der Waals surface area contributed by atoms with E-state index in [-0.39, 0.29) is 5.56 Å². The van der Waals surface area contributed by atoms with Crippen molar-refractivity contribution in [1.29, 1.82) is 0 Å². The normalized spacial score (nSPS) is 10.5. The number of aromatic nitrogens is 2. The molecule has 0 atom stereocenters. The van der Waals surface area contributed by atoms with E-state index in [9.17, 15) is 4.79 Å². The van der Waals surface area contributed by atoms with Gasteiger partial charge in [0.15, 0.2) is 0 Å². The molecule has 2 rings (SSSR count). The Labute approximate surface area is 121 Å². The molecule has 106 valence electrons. The molecular weight excluding hydrogens is 274 g/mol. The van der Waals surface area contributed by atoms with Gasteiger partial charge in [-0.2, -0.15) is 11.8 Å². The maximum Gasteiger partial charge on any atom is 0.251 e. The second-order valence-corrected chi connectivity index (χ2v) is 5.06. The van der Waals surface area contributed by atoms with Crippen molar-refractivity contribution in [2.24, 2.45) is 0 Å². The van der Waals surface area contributed by atoms with Gasteiger partial charge in [-0.15, -0.1) is 0 Å². The Morgan fingerprint density at radius 1 is 1.40 bits per heavy atom. The molecule has 0 bridgehead atoms. The quantitative estimate of drug-likeness (QED) is 0.826. The summed E-state index contributed by atoms with van der Waals surface area (Å²) in [6.07, 6.45) is 1.96. The van der Waals surface area contributed by atoms with Crippen LogP contribution in [-0.4, -0.2) is 22.8 Å². The van der Waals surface area contributed by atoms with Gasteiger partial charge in [0.05, 0.1) is 23.7 Å². The zero-order chi connectivity index (χ0) is 14.5. The Hall–Kier alpha value is -1.95. The minimum Gasteiger partial charge on any atom is -0.492 e. The smallest absolute Gasteiger partial charge is 0.251 e. The number of nitrogens with two attached hydrogens (primary N) is 1. The van der Waals surface area contributed by atoms with Gasteiger partial charge in [-0.05, 0) is 31.4 Å². The molecule has 1 heterocycles. The van der Waals surface area contributed by atoms with Crippen LogP contribution in [0.4, 0.5) is 5.69 Å². The van der Waals surface area contributed by atoms with Crippen LogP contribution in [0.2, 0.25) is 0 Å². The fourth-order valence-corrected chi connectivity index (χ4v) is 2.27. The fraction of sp³-hybridized carbons (Fsp3) is 0.286. The van der Waals surface area contributed by atoms with Gasteiger partial charge in [0.25, 0.3) is 5.56 Å². The molecule has 0 aliphatic carbocycles. The summed E-state index contributed by atoms with van der Waals surface area (Å²) in [6, 6.07) is 6.89. The molecule has 20 heavy (non-hydrogen) atoms. The van der Waals surface area contributed by atoms with Crippen molar-refractivity contribution >= 4 is 17.4 Å². The topological polar surface area (TPSA) is 81.0 Å². The van der Waals surface area contributed by atoms with Crippen LogP contribution >= 0.6 is 11.8 Å². The van der Waals surface area contributed by atoms with Crippen LogP contribution in [-0.2, 0) is 5.75 Å². The van der Waals surface area contributed by atoms with E-state index in [4.69, 9.17) is 10.5 Å². The summed E-state index contributed by atoms with van der Waals surface area (Å²) in [5.41, 5.74) is 7.74. The van der Waals surface area contributed by atoms with Gasteiger partial charge in [0, 0.05) is 11.6 Å². The van der Waals surface area contributed by atoms with Crippen LogP contribution in [0.1, 0.15) is 12.7 Å². The van der Waals surface area contributed by atoms with Crippen LogP contribution in [0.15, 0.2) is 29.1 Å². The predicted octanol–water partition coefficient (Wildman–Crippen LogP) is 2.28. The summed E-state index contributed by atoms with van der Waals surface area (Å²) in [6.45, 7) is 2.46. The molecule has 2 aromatic rings. The predicted molar refractivity (Wildman–Crippen MR) is 83.1 cm³/mol. The van der Waals surface area contributed by atoms with Crippen molar-refractivity contribution in [2.45, 2.75) is 12.7 Å². The fourth-order valence-electron chi connectivity index (χ4n) is 1.86. The largest absolute Gasteiger partial charge is 0.492 e. The van der Waals surface area contributed by atoms with Crippen molar-refractivity contribution in [1.82, 2.24) is 9.97 Å². The molecule has 0 unspecified atom stereocenters. The first-order chi connectivity index (χ1) is 9.63. The number of hydrogen-bond acceptors (Lipinski definition) is 5. The Kier molecular flexibility index (Phi) is 4.68. The standard InChI is InChI=1S/C14H17N3O2S/c1-3-19-12-5-4-9(6-10(12)15)11-7-14(18)17-13(16-11)8-20-2/h4-7H,3,8,15H2,1-2H3,(H,16,17,18). The van der Waals surface area contributed by atoms with E-state index in [1.54, 1.807) is 23.9 Å². The highest BCUT2D eigenvalue weighted by molar-refractivity contribution is 7.97. The first-order valence-electron chi connectivity index (χ1n) is 6.26. The van der Waals surface area contributed by atoms with Crippen molar-refractivity contribution < 1.29 is 4.74 Å². The highest BCUT2D eigenvalue weighted by Crippen LogP contribution is 2.27. The van der Waals surface area contributed by atoms with E-state index in [1.807, 2.05) is 19.2 Å². The highest BCUT2D eigenvalue weighted by Gasteiger charge is 2.07. The second kappa shape index (κ2) is 6.47. The monoisotopic (exact) mass is 291 g/mol. The lowest BCUT2D eigenvalue weighted by Crippen LogP contribution is -2.10. The maximum absolute atomic E-state index is 11.7. The first-order valence-corrected chi connectivity index (χ1v) is 7.65. The van der Waals surface area contributed by atoms with E-state index in [1.165, 1.54) is 6.07 Å². The van der Waals surface area contributed by atoms with Crippen molar-refractivity contribution in [2.75, 3.05) is 18.6 Å². The van der Waals surface area contributed by atoms with Gasteiger partial charge in [0.2, 0.25) is 0 Å². The van der Waals surface area contributed by atoms with Crippen LogP contribution in [0.5, 0.6) is 5.75 Å². The van der Waals surface area contributed by atoms with Crippen LogP contribution in [0.25, 0.3) is 11.3 Å². The van der Waals surface area contributed by atoms with E-state index in [2.05, 4.69) is 9.97 Å². The summed E-state index contributed by atoms with van der Waals surface area (Å²) in [5, 5.41) is 0. The number of ether oxygens (including phenoxy) is 1. The van der Waals surface area contributed by atoms with Crippen molar-refractivity contribution in [3.8, 4) is 17.0 Å². The zero-order valence-corrected chi connectivity index (χ0v) is 12.3. The average molecular weight is 291 g/mol. The van der Waals surface area contributed by atoms with Gasteiger partial charge in [-0.3, -0.25) is 4.79 Å². The lowest BCUT2D eigenvalue weighted by atomic mass is 10.1. The summed E-state index contributed by atoms with van der Waals surface area (Å²) >= 11 is 1.60. The third-order valence-corrected chi connectivity index (χ3v) is 3.24. The van der Waals surface area contributed by atoms with Crippen molar-refractivity contribution in [3.05, 3.63) is 40.4 Å². The van der Waals surface area contributed by atoms with E-state index >= 15 is 0 Å². The first kappa shape index (κ1) is 14.5. The number of nitrogen functional groups attached to an aromatic ring is 1. The average Bonchev–Trinajstić information content (AvgIpc) is 2.41. The van der Waals surface area contributed by atoms with E-state index in [0.29, 0.717) is 35.3 Å². The van der Waals surface area contributed by atoms with E-state index < -0.39 is 0 Å². The summed E-state index contributed by atoms with van der Waals surface area (Å²) in [5.74, 6) is 1.97. The van der Waals surface area contributed by atoms with Crippen molar-refractivity contribution in [3.63, 3.8) is 0 Å². The minimum absolute atomic E-state index is 0.161. The third kappa shape index (κ3) is 3.33. The number of nitrogens with one attached hydrogen (secondary N) is 1. The SMILES string of the molecule is CCOc1ccc(-c2cc(=O)[nH]c(CSC)n2)cc1N. The van der Waals surface area contributed by atoms with Gasteiger partial charge in [0.1, 0.15) is 11.6 Å². The number of hydrogen-bond donors (Lipinski definition) is 2. The number of rotatable bonds is 5.